The third kappa shape index (κ3) is 6.95. The van der Waals surface area contributed by atoms with Crippen LogP contribution in [-0.2, 0) is 23.9 Å². The molecule has 0 unspecified atom stereocenters. The Morgan fingerprint density at radius 3 is 2.06 bits per heavy atom. The van der Waals surface area contributed by atoms with E-state index >= 15 is 0 Å². The van der Waals surface area contributed by atoms with Gasteiger partial charge in [0.2, 0.25) is 5.91 Å². The first-order chi connectivity index (χ1) is 30.2. The summed E-state index contributed by atoms with van der Waals surface area (Å²) >= 11 is 6.12. The molecule has 7 aliphatic carbocycles. The third-order valence-corrected chi connectivity index (χ3v) is 21.7. The van der Waals surface area contributed by atoms with Gasteiger partial charge in [-0.1, -0.05) is 100 Å². The Morgan fingerprint density at radius 2 is 1.45 bits per heavy atom. The van der Waals surface area contributed by atoms with Crippen molar-refractivity contribution in [3.05, 3.63) is 46.0 Å². The van der Waals surface area contributed by atoms with Gasteiger partial charge in [-0.2, -0.15) is 0 Å². The van der Waals surface area contributed by atoms with Gasteiger partial charge in [0.15, 0.2) is 5.78 Å². The number of ketones is 1. The summed E-state index contributed by atoms with van der Waals surface area (Å²) in [6, 6.07) is 6.89. The Hall–Kier alpha value is -3.24. The highest BCUT2D eigenvalue weighted by molar-refractivity contribution is 6.30. The number of carbonyl (C=O) groups excluding carboxylic acids is 4. The molecule has 65 heavy (non-hydrogen) atoms. The minimum Gasteiger partial charge on any atom is -0.481 e. The second-order valence-electron chi connectivity index (χ2n) is 24.8. The molecule has 8 rings (SSSR count). The van der Waals surface area contributed by atoms with E-state index in [4.69, 9.17) is 22.1 Å². The number of nitrogens with one attached hydrogen (secondary N) is 2. The SMILES string of the molecule is CC(C)C1=C2[C@@](CC(=O)NCC3(NC(=O)c4ccc(Cl)cc4)CCCCC3)(CC[C@]3(C)[C@]2(N)CC[C@H]2[C@@]3(C)CC[C@@]3(C)C(C)(C)[C@@H](OC(=O)[C@H]4C[C@@H](C(=O)O)C4(C)C)CC[C@]23C)CC1=O. The summed E-state index contributed by atoms with van der Waals surface area (Å²) in [7, 11) is 0. The van der Waals surface area contributed by atoms with Gasteiger partial charge in [0.25, 0.3) is 5.91 Å². The number of ether oxygens (including phenoxy) is 1. The lowest BCUT2D eigenvalue weighted by Crippen LogP contribution is -2.75. The standard InChI is InChI=1S/C54H78ClN3O7/c1-32(2)41-37(59)29-52(30-40(60)57-31-53(20-12-11-13-21-53)58-43(61)33-14-16-34(55)17-15-33)27-26-51(10)49(8)24-25-50(9)47(5,6)39(65-45(64)36-28-35(44(62)63)46(36,3)4)19-22-48(50,7)38(49)18-23-54(51,56)42(41)52/h14-17,32,35-36,38-39H,11-13,18-31,56H2,1-10H3,(H,57,60)(H,58,61)(H,62,63)/t35-,36+,38+,39-,48+,49+,50-,51-,52-,54-/m0/s1. The maximum Gasteiger partial charge on any atom is 0.309 e. The number of amides is 2. The average Bonchev–Trinajstić information content (AvgIpc) is 3.53. The minimum absolute atomic E-state index is 0.0317. The molecule has 2 amide bonds. The van der Waals surface area contributed by atoms with Crippen LogP contribution in [0.15, 0.2) is 35.4 Å². The summed E-state index contributed by atoms with van der Waals surface area (Å²) in [5.74, 6) is -1.92. The normalized spacial score (nSPS) is 40.0. The number of halogens is 1. The smallest absolute Gasteiger partial charge is 0.309 e. The Bertz CT molecular complexity index is 2180. The predicted molar refractivity (Wildman–Crippen MR) is 253 cm³/mol. The number of allylic oxidation sites excluding steroid dienone is 1. The van der Waals surface area contributed by atoms with Crippen LogP contribution in [0.5, 0.6) is 0 Å². The highest BCUT2D eigenvalue weighted by Crippen LogP contribution is 2.80. The van der Waals surface area contributed by atoms with Gasteiger partial charge in [0.1, 0.15) is 6.10 Å². The van der Waals surface area contributed by atoms with Crippen molar-refractivity contribution in [3.8, 4) is 0 Å². The first kappa shape index (κ1) is 48.2. The molecule has 0 radical (unpaired) electrons. The maximum atomic E-state index is 14.5. The molecule has 358 valence electrons. The number of carboxylic acid groups (broad SMARTS) is 1. The number of aliphatic carboxylic acids is 1. The van der Waals surface area contributed by atoms with Gasteiger partial charge in [-0.3, -0.25) is 24.0 Å². The third-order valence-electron chi connectivity index (χ3n) is 21.4. The second-order valence-corrected chi connectivity index (χ2v) is 25.3. The molecule has 6 fully saturated rings. The lowest BCUT2D eigenvalue weighted by atomic mass is 9.28. The molecule has 0 aliphatic heterocycles. The monoisotopic (exact) mass is 916 g/mol. The van der Waals surface area contributed by atoms with E-state index in [1.807, 2.05) is 13.8 Å². The molecule has 10 atom stereocenters. The molecule has 0 saturated heterocycles. The Balaban J connectivity index is 1.04. The highest BCUT2D eigenvalue weighted by atomic mass is 35.5. The van der Waals surface area contributed by atoms with Gasteiger partial charge in [-0.05, 0) is 145 Å². The summed E-state index contributed by atoms with van der Waals surface area (Å²) < 4.78 is 6.50. The van der Waals surface area contributed by atoms with Crippen molar-refractivity contribution >= 4 is 41.1 Å². The molecule has 0 spiro atoms. The van der Waals surface area contributed by atoms with E-state index in [0.717, 1.165) is 88.2 Å². The molecule has 0 aromatic heterocycles. The zero-order chi connectivity index (χ0) is 47.6. The zero-order valence-corrected chi connectivity index (χ0v) is 41.8. The molecule has 7 aliphatic rings. The molecule has 11 heteroatoms. The number of benzene rings is 1. The largest absolute Gasteiger partial charge is 0.481 e. The van der Waals surface area contributed by atoms with Crippen LogP contribution in [0, 0.1) is 61.6 Å². The van der Waals surface area contributed by atoms with Gasteiger partial charge in [-0.25, -0.2) is 0 Å². The van der Waals surface area contributed by atoms with Crippen LogP contribution in [0.1, 0.15) is 182 Å². The number of fused-ring (bicyclic) bond motifs is 7. The van der Waals surface area contributed by atoms with Crippen LogP contribution in [0.2, 0.25) is 5.02 Å². The molecule has 0 heterocycles. The number of carboxylic acids is 1. The molecule has 1 aromatic carbocycles. The lowest BCUT2D eigenvalue weighted by Gasteiger charge is -2.77. The number of esters is 1. The van der Waals surface area contributed by atoms with Gasteiger partial charge < -0.3 is 26.2 Å². The summed E-state index contributed by atoms with van der Waals surface area (Å²) in [5, 5.41) is 16.9. The average molecular weight is 917 g/mol. The Labute approximate surface area is 393 Å². The molecule has 6 saturated carbocycles. The number of hydrogen-bond donors (Lipinski definition) is 4. The van der Waals surface area contributed by atoms with E-state index < -0.39 is 39.7 Å². The van der Waals surface area contributed by atoms with Crippen molar-refractivity contribution in [1.29, 1.82) is 0 Å². The van der Waals surface area contributed by atoms with Gasteiger partial charge in [-0.15, -0.1) is 0 Å². The van der Waals surface area contributed by atoms with E-state index in [-0.39, 0.29) is 69.1 Å². The van der Waals surface area contributed by atoms with Crippen molar-refractivity contribution in [2.45, 2.75) is 189 Å². The van der Waals surface area contributed by atoms with E-state index in [0.29, 0.717) is 42.3 Å². The fourth-order valence-corrected chi connectivity index (χ4v) is 16.7. The van der Waals surface area contributed by atoms with E-state index in [2.05, 4.69) is 66.0 Å². The number of Topliss-reactive ketones (excluding diaryl/α,β-unsaturated/α-hetero) is 1. The van der Waals surface area contributed by atoms with Gasteiger partial charge >= 0.3 is 11.9 Å². The number of nitrogens with two attached hydrogens (primary N) is 1. The fraction of sp³-hybridized carbons (Fsp3) is 0.759. The van der Waals surface area contributed by atoms with Gasteiger partial charge in [0, 0.05) is 46.3 Å². The quantitative estimate of drug-likeness (QED) is 0.169. The zero-order valence-electron chi connectivity index (χ0n) is 41.1. The van der Waals surface area contributed by atoms with Gasteiger partial charge in [0.05, 0.1) is 17.4 Å². The van der Waals surface area contributed by atoms with E-state index in [1.165, 1.54) is 0 Å². The Morgan fingerprint density at radius 1 is 0.815 bits per heavy atom. The van der Waals surface area contributed by atoms with Crippen molar-refractivity contribution in [2.24, 2.45) is 67.3 Å². The van der Waals surface area contributed by atoms with Crippen molar-refractivity contribution in [1.82, 2.24) is 10.6 Å². The first-order valence-electron chi connectivity index (χ1n) is 25.0. The molecular formula is C54H78ClN3O7. The summed E-state index contributed by atoms with van der Waals surface area (Å²) in [6.45, 7) is 22.7. The summed E-state index contributed by atoms with van der Waals surface area (Å²) in [4.78, 5) is 68.2. The summed E-state index contributed by atoms with van der Waals surface area (Å²) in [6.07, 6.45) is 11.8. The summed E-state index contributed by atoms with van der Waals surface area (Å²) in [5.41, 5.74) is 6.79. The van der Waals surface area contributed by atoms with E-state index in [1.54, 1.807) is 24.3 Å². The first-order valence-corrected chi connectivity index (χ1v) is 25.4. The number of rotatable bonds is 10. The molecule has 10 nitrogen and oxygen atoms in total. The van der Waals surface area contributed by atoms with Crippen molar-refractivity contribution in [3.63, 3.8) is 0 Å². The highest BCUT2D eigenvalue weighted by Gasteiger charge is 2.76. The lowest BCUT2D eigenvalue weighted by molar-refractivity contribution is -0.275. The fourth-order valence-electron chi connectivity index (χ4n) is 16.6. The Kier molecular flexibility index (Phi) is 11.8. The van der Waals surface area contributed by atoms with Crippen LogP contribution in [-0.4, -0.2) is 58.4 Å². The van der Waals surface area contributed by atoms with Crippen LogP contribution in [0.3, 0.4) is 0 Å². The molecule has 0 bridgehead atoms. The van der Waals surface area contributed by atoms with E-state index in [9.17, 15) is 29.1 Å². The van der Waals surface area contributed by atoms with Crippen molar-refractivity contribution < 1.29 is 33.8 Å². The predicted octanol–water partition coefficient (Wildman–Crippen LogP) is 10.4. The second kappa shape index (κ2) is 15.9. The number of carbonyl (C=O) groups is 5. The van der Waals surface area contributed by atoms with Crippen LogP contribution in [0.25, 0.3) is 0 Å². The number of hydrogen-bond acceptors (Lipinski definition) is 7. The molecular weight excluding hydrogens is 838 g/mol. The van der Waals surface area contributed by atoms with Crippen LogP contribution in [0.4, 0.5) is 0 Å². The molecule has 5 N–H and O–H groups in total. The van der Waals surface area contributed by atoms with Crippen molar-refractivity contribution in [2.75, 3.05) is 6.54 Å². The maximum absolute atomic E-state index is 14.5. The topological polar surface area (TPSA) is 165 Å². The molecule has 1 aromatic rings. The van der Waals surface area contributed by atoms with Crippen LogP contribution < -0.4 is 16.4 Å². The minimum atomic E-state index is -0.851. The van der Waals surface area contributed by atoms with Crippen LogP contribution >= 0.6 is 11.6 Å².